The largest absolute Gasteiger partial charge is 0.462 e. The number of hydrogen-bond donors (Lipinski definition) is 1. The number of aliphatic hydroxyl groups is 1. The van der Waals surface area contributed by atoms with Crippen molar-refractivity contribution in [3.8, 4) is 0 Å². The summed E-state index contributed by atoms with van der Waals surface area (Å²) in [5.74, 6) is -0.624. The standard InChI is InChI=1S/C30H58O5/c1-3-5-7-8-9-10-11-12-13-14-15-16-17-18-19-20-21-22-23-25-30(33)35-28(26-31)27-34-29(32)24-6-4-2/h28,31H,3-27H2,1-2H3. The predicted octanol–water partition coefficient (Wildman–Crippen LogP) is 8.45. The summed E-state index contributed by atoms with van der Waals surface area (Å²) in [6, 6.07) is 0. The molecule has 1 unspecified atom stereocenters. The van der Waals surface area contributed by atoms with Gasteiger partial charge in [0, 0.05) is 12.8 Å². The summed E-state index contributed by atoms with van der Waals surface area (Å²) in [5, 5.41) is 9.33. The highest BCUT2D eigenvalue weighted by atomic mass is 16.6. The maximum Gasteiger partial charge on any atom is 0.306 e. The quantitative estimate of drug-likeness (QED) is 0.0908. The maximum atomic E-state index is 11.9. The Morgan fingerprint density at radius 2 is 0.914 bits per heavy atom. The normalized spacial score (nSPS) is 12.0. The molecule has 5 heteroatoms. The molecule has 0 bridgehead atoms. The summed E-state index contributed by atoms with van der Waals surface area (Å²) in [5.41, 5.74) is 0. The molecule has 0 aliphatic heterocycles. The molecule has 208 valence electrons. The Hall–Kier alpha value is -1.10. The molecule has 0 spiro atoms. The van der Waals surface area contributed by atoms with Crippen LogP contribution in [-0.2, 0) is 19.1 Å². The van der Waals surface area contributed by atoms with E-state index in [0.717, 1.165) is 32.1 Å². The minimum Gasteiger partial charge on any atom is -0.462 e. The average Bonchev–Trinajstić information content (AvgIpc) is 2.86. The molecule has 5 nitrogen and oxygen atoms in total. The maximum absolute atomic E-state index is 11.9. The van der Waals surface area contributed by atoms with Gasteiger partial charge in [0.1, 0.15) is 6.61 Å². The second-order valence-corrected chi connectivity index (χ2v) is 10.2. The van der Waals surface area contributed by atoms with Crippen LogP contribution in [0.4, 0.5) is 0 Å². The van der Waals surface area contributed by atoms with Crippen molar-refractivity contribution in [3.63, 3.8) is 0 Å². The summed E-state index contributed by atoms with van der Waals surface area (Å²) in [6.07, 6.45) is 26.8. The number of unbranched alkanes of at least 4 members (excludes halogenated alkanes) is 19. The molecule has 0 amide bonds. The fraction of sp³-hybridized carbons (Fsp3) is 0.933. The number of carbonyl (C=O) groups is 2. The van der Waals surface area contributed by atoms with Gasteiger partial charge in [-0.1, -0.05) is 136 Å². The zero-order valence-electron chi connectivity index (χ0n) is 23.3. The molecule has 1 atom stereocenters. The Balaban J connectivity index is 3.37. The smallest absolute Gasteiger partial charge is 0.306 e. The summed E-state index contributed by atoms with van der Waals surface area (Å²) >= 11 is 0. The second kappa shape index (κ2) is 27.5. The minimum absolute atomic E-state index is 0.0655. The third kappa shape index (κ3) is 25.8. The van der Waals surface area contributed by atoms with Crippen LogP contribution in [0.15, 0.2) is 0 Å². The Kier molecular flexibility index (Phi) is 26.6. The van der Waals surface area contributed by atoms with E-state index in [2.05, 4.69) is 6.92 Å². The van der Waals surface area contributed by atoms with E-state index in [1.807, 2.05) is 6.92 Å². The first kappa shape index (κ1) is 33.9. The average molecular weight is 499 g/mol. The summed E-state index contributed by atoms with van der Waals surface area (Å²) in [7, 11) is 0. The lowest BCUT2D eigenvalue weighted by atomic mass is 10.0. The molecule has 0 saturated heterocycles. The Morgan fingerprint density at radius 3 is 1.31 bits per heavy atom. The number of aliphatic hydroxyl groups excluding tert-OH is 1. The van der Waals surface area contributed by atoms with Gasteiger partial charge in [-0.2, -0.15) is 0 Å². The van der Waals surface area contributed by atoms with Crippen molar-refractivity contribution in [2.75, 3.05) is 13.2 Å². The van der Waals surface area contributed by atoms with Gasteiger partial charge in [-0.15, -0.1) is 0 Å². The molecule has 0 rings (SSSR count). The van der Waals surface area contributed by atoms with Crippen LogP contribution in [-0.4, -0.2) is 36.4 Å². The zero-order valence-corrected chi connectivity index (χ0v) is 23.3. The fourth-order valence-corrected chi connectivity index (χ4v) is 4.30. The van der Waals surface area contributed by atoms with Gasteiger partial charge in [0.2, 0.25) is 0 Å². The Bertz CT molecular complexity index is 466. The summed E-state index contributed by atoms with van der Waals surface area (Å²) in [6.45, 7) is 3.89. The van der Waals surface area contributed by atoms with Crippen LogP contribution in [0.1, 0.15) is 162 Å². The van der Waals surface area contributed by atoms with Gasteiger partial charge in [-0.05, 0) is 12.8 Å². The SMILES string of the molecule is CCCCCCCCCCCCCCCCCCCCCC(=O)OC(CO)COC(=O)CCCC. The van der Waals surface area contributed by atoms with Crippen LogP contribution in [0.2, 0.25) is 0 Å². The lowest BCUT2D eigenvalue weighted by Crippen LogP contribution is -2.28. The number of hydrogen-bond acceptors (Lipinski definition) is 5. The fourth-order valence-electron chi connectivity index (χ4n) is 4.30. The van der Waals surface area contributed by atoms with Crippen molar-refractivity contribution in [1.29, 1.82) is 0 Å². The van der Waals surface area contributed by atoms with Crippen LogP contribution in [0, 0.1) is 0 Å². The number of carbonyl (C=O) groups excluding carboxylic acids is 2. The predicted molar refractivity (Wildman–Crippen MR) is 145 cm³/mol. The van der Waals surface area contributed by atoms with Gasteiger partial charge in [0.05, 0.1) is 6.61 Å². The van der Waals surface area contributed by atoms with Crippen molar-refractivity contribution in [1.82, 2.24) is 0 Å². The second-order valence-electron chi connectivity index (χ2n) is 10.2. The Morgan fingerprint density at radius 1 is 0.543 bits per heavy atom. The van der Waals surface area contributed by atoms with Gasteiger partial charge < -0.3 is 14.6 Å². The molecule has 0 aliphatic rings. The van der Waals surface area contributed by atoms with Crippen molar-refractivity contribution < 1.29 is 24.2 Å². The van der Waals surface area contributed by atoms with Gasteiger partial charge in [-0.3, -0.25) is 9.59 Å². The van der Waals surface area contributed by atoms with E-state index in [9.17, 15) is 14.7 Å². The van der Waals surface area contributed by atoms with Crippen LogP contribution in [0.3, 0.4) is 0 Å². The van der Waals surface area contributed by atoms with E-state index >= 15 is 0 Å². The number of rotatable bonds is 27. The van der Waals surface area contributed by atoms with E-state index in [1.165, 1.54) is 103 Å². The highest BCUT2D eigenvalue weighted by Gasteiger charge is 2.15. The van der Waals surface area contributed by atoms with Gasteiger partial charge in [0.25, 0.3) is 0 Å². The van der Waals surface area contributed by atoms with Crippen LogP contribution < -0.4 is 0 Å². The molecular formula is C30H58O5. The van der Waals surface area contributed by atoms with E-state index in [4.69, 9.17) is 9.47 Å². The molecule has 0 aromatic heterocycles. The van der Waals surface area contributed by atoms with Crippen LogP contribution in [0.5, 0.6) is 0 Å². The van der Waals surface area contributed by atoms with Crippen molar-refractivity contribution in [2.24, 2.45) is 0 Å². The topological polar surface area (TPSA) is 72.8 Å². The lowest BCUT2D eigenvalue weighted by Gasteiger charge is -2.15. The molecule has 0 saturated carbocycles. The summed E-state index contributed by atoms with van der Waals surface area (Å²) < 4.78 is 10.3. The first-order valence-electron chi connectivity index (χ1n) is 15.1. The van der Waals surface area contributed by atoms with Gasteiger partial charge >= 0.3 is 11.9 Å². The molecule has 0 aromatic carbocycles. The van der Waals surface area contributed by atoms with Crippen LogP contribution >= 0.6 is 0 Å². The minimum atomic E-state index is -0.756. The molecule has 0 fully saturated rings. The molecule has 0 aromatic rings. The highest BCUT2D eigenvalue weighted by molar-refractivity contribution is 5.70. The zero-order chi connectivity index (χ0) is 25.8. The number of ether oxygens (including phenoxy) is 2. The first-order chi connectivity index (χ1) is 17.1. The molecule has 0 aliphatic carbocycles. The van der Waals surface area contributed by atoms with E-state index in [0.29, 0.717) is 12.8 Å². The van der Waals surface area contributed by atoms with E-state index in [-0.39, 0.29) is 25.2 Å². The van der Waals surface area contributed by atoms with E-state index < -0.39 is 6.10 Å². The molecule has 0 radical (unpaired) electrons. The van der Waals surface area contributed by atoms with Crippen molar-refractivity contribution in [3.05, 3.63) is 0 Å². The first-order valence-corrected chi connectivity index (χ1v) is 15.1. The summed E-state index contributed by atoms with van der Waals surface area (Å²) in [4.78, 5) is 23.5. The highest BCUT2D eigenvalue weighted by Crippen LogP contribution is 2.15. The monoisotopic (exact) mass is 498 g/mol. The molecule has 0 heterocycles. The third-order valence-corrected chi connectivity index (χ3v) is 6.65. The third-order valence-electron chi connectivity index (χ3n) is 6.65. The van der Waals surface area contributed by atoms with Crippen LogP contribution in [0.25, 0.3) is 0 Å². The molecule has 35 heavy (non-hydrogen) atoms. The van der Waals surface area contributed by atoms with Crippen molar-refractivity contribution in [2.45, 2.75) is 168 Å². The van der Waals surface area contributed by atoms with E-state index in [1.54, 1.807) is 0 Å². The molecular weight excluding hydrogens is 440 g/mol. The van der Waals surface area contributed by atoms with Gasteiger partial charge in [0.15, 0.2) is 6.10 Å². The van der Waals surface area contributed by atoms with Gasteiger partial charge in [-0.25, -0.2) is 0 Å². The lowest BCUT2D eigenvalue weighted by molar-refractivity contribution is -0.161. The number of esters is 2. The molecule has 1 N–H and O–H groups in total. The Labute approximate surface area is 217 Å². The van der Waals surface area contributed by atoms with Crippen molar-refractivity contribution >= 4 is 11.9 Å².